The van der Waals surface area contributed by atoms with E-state index in [0.29, 0.717) is 34.2 Å². The summed E-state index contributed by atoms with van der Waals surface area (Å²) in [6.07, 6.45) is 4.23. The van der Waals surface area contributed by atoms with Gasteiger partial charge in [0.05, 0.1) is 23.6 Å². The third-order valence-electron chi connectivity index (χ3n) is 6.21. The van der Waals surface area contributed by atoms with Crippen LogP contribution in [0.4, 0.5) is 5.00 Å². The Kier molecular flexibility index (Phi) is 7.20. The van der Waals surface area contributed by atoms with E-state index in [1.165, 1.54) is 15.9 Å². The van der Waals surface area contributed by atoms with E-state index in [-0.39, 0.29) is 18.7 Å². The van der Waals surface area contributed by atoms with Gasteiger partial charge >= 0.3 is 5.97 Å². The SMILES string of the molecule is CCOC(=O)c1c(NC(=O)Cn2c(-n3nc(C)cc3C)nc(C)c(CC)c2=O)sc2c1CCCC2. The first kappa shape index (κ1) is 24.8. The zero-order valence-corrected chi connectivity index (χ0v) is 21.7. The molecule has 0 unspecified atom stereocenters. The van der Waals surface area contributed by atoms with Crippen molar-refractivity contribution in [3.05, 3.63) is 55.1 Å². The Balaban J connectivity index is 1.72. The number of ether oxygens (including phenoxy) is 1. The van der Waals surface area contributed by atoms with Crippen LogP contribution in [0.25, 0.3) is 5.95 Å². The number of fused-ring (bicyclic) bond motifs is 1. The van der Waals surface area contributed by atoms with E-state index in [0.717, 1.165) is 47.5 Å². The maximum absolute atomic E-state index is 13.4. The highest BCUT2D eigenvalue weighted by molar-refractivity contribution is 7.17. The zero-order valence-electron chi connectivity index (χ0n) is 20.9. The van der Waals surface area contributed by atoms with E-state index in [1.54, 1.807) is 18.5 Å². The smallest absolute Gasteiger partial charge is 0.341 e. The lowest BCUT2D eigenvalue weighted by molar-refractivity contribution is -0.116. The van der Waals surface area contributed by atoms with Crippen LogP contribution in [0.2, 0.25) is 0 Å². The molecule has 1 N–H and O–H groups in total. The summed E-state index contributed by atoms with van der Waals surface area (Å²) in [6.45, 7) is 9.19. The molecule has 0 spiro atoms. The van der Waals surface area contributed by atoms with E-state index >= 15 is 0 Å². The largest absolute Gasteiger partial charge is 0.462 e. The number of amides is 1. The summed E-state index contributed by atoms with van der Waals surface area (Å²) >= 11 is 1.42. The molecule has 3 aromatic rings. The maximum Gasteiger partial charge on any atom is 0.341 e. The molecule has 0 fully saturated rings. The van der Waals surface area contributed by atoms with Crippen molar-refractivity contribution in [1.29, 1.82) is 0 Å². The molecule has 0 saturated carbocycles. The molecule has 9 nitrogen and oxygen atoms in total. The van der Waals surface area contributed by atoms with Crippen LogP contribution in [0.3, 0.4) is 0 Å². The fourth-order valence-corrected chi connectivity index (χ4v) is 5.91. The Morgan fingerprint density at radius 2 is 1.91 bits per heavy atom. The average Bonchev–Trinajstić information content (AvgIpc) is 3.34. The Bertz CT molecular complexity index is 1350. The fourth-order valence-electron chi connectivity index (χ4n) is 4.61. The van der Waals surface area contributed by atoms with Crippen LogP contribution in [0, 0.1) is 20.8 Å². The summed E-state index contributed by atoms with van der Waals surface area (Å²) in [6, 6.07) is 1.89. The normalized spacial score (nSPS) is 12.9. The molecule has 1 amide bonds. The first-order valence-corrected chi connectivity index (χ1v) is 12.8. The second-order valence-corrected chi connectivity index (χ2v) is 9.85. The monoisotopic (exact) mass is 497 g/mol. The number of thiophene rings is 1. The lowest BCUT2D eigenvalue weighted by atomic mass is 9.95. The van der Waals surface area contributed by atoms with Gasteiger partial charge in [-0.1, -0.05) is 6.92 Å². The molecule has 0 saturated heterocycles. The number of esters is 1. The zero-order chi connectivity index (χ0) is 25.3. The highest BCUT2D eigenvalue weighted by Crippen LogP contribution is 2.38. The summed E-state index contributed by atoms with van der Waals surface area (Å²) in [4.78, 5) is 45.1. The molecule has 4 rings (SSSR count). The minimum atomic E-state index is -0.423. The molecular weight excluding hydrogens is 466 g/mol. The summed E-state index contributed by atoms with van der Waals surface area (Å²) in [5, 5.41) is 7.85. The molecule has 0 aliphatic heterocycles. The van der Waals surface area contributed by atoms with Crippen LogP contribution in [-0.2, 0) is 35.3 Å². The quantitative estimate of drug-likeness (QED) is 0.499. The van der Waals surface area contributed by atoms with Crippen molar-refractivity contribution in [3.63, 3.8) is 0 Å². The molecule has 1 aliphatic rings. The van der Waals surface area contributed by atoms with Crippen LogP contribution < -0.4 is 10.9 Å². The minimum Gasteiger partial charge on any atom is -0.462 e. The van der Waals surface area contributed by atoms with Gasteiger partial charge in [0, 0.05) is 16.1 Å². The predicted molar refractivity (Wildman–Crippen MR) is 135 cm³/mol. The number of nitrogens with zero attached hydrogens (tertiary/aromatic N) is 4. The Labute approximate surface area is 208 Å². The Morgan fingerprint density at radius 1 is 1.17 bits per heavy atom. The molecule has 186 valence electrons. The number of carbonyl (C=O) groups is 2. The molecule has 3 heterocycles. The number of nitrogens with one attached hydrogen (secondary N) is 1. The number of aryl methyl sites for hydroxylation is 4. The summed E-state index contributed by atoms with van der Waals surface area (Å²) < 4.78 is 8.23. The van der Waals surface area contributed by atoms with Gasteiger partial charge in [0.15, 0.2) is 0 Å². The van der Waals surface area contributed by atoms with Gasteiger partial charge in [-0.25, -0.2) is 14.5 Å². The van der Waals surface area contributed by atoms with Gasteiger partial charge in [-0.3, -0.25) is 14.2 Å². The van der Waals surface area contributed by atoms with E-state index in [2.05, 4.69) is 15.4 Å². The van der Waals surface area contributed by atoms with Crippen LogP contribution in [0.1, 0.15) is 70.1 Å². The van der Waals surface area contributed by atoms with Crippen LogP contribution >= 0.6 is 11.3 Å². The van der Waals surface area contributed by atoms with E-state index in [9.17, 15) is 14.4 Å². The summed E-state index contributed by atoms with van der Waals surface area (Å²) in [5.41, 5.74) is 3.92. The van der Waals surface area contributed by atoms with Crippen molar-refractivity contribution in [1.82, 2.24) is 19.3 Å². The lowest BCUT2D eigenvalue weighted by Gasteiger charge is -2.16. The highest BCUT2D eigenvalue weighted by Gasteiger charge is 2.28. The van der Waals surface area contributed by atoms with E-state index in [4.69, 9.17) is 4.74 Å². The second-order valence-electron chi connectivity index (χ2n) is 8.74. The third kappa shape index (κ3) is 4.80. The van der Waals surface area contributed by atoms with Crippen LogP contribution in [-0.4, -0.2) is 37.8 Å². The molecule has 1 aliphatic carbocycles. The molecule has 0 aromatic carbocycles. The molecule has 0 atom stereocenters. The predicted octanol–water partition coefficient (Wildman–Crippen LogP) is 3.67. The van der Waals surface area contributed by atoms with Crippen molar-refractivity contribution in [2.45, 2.75) is 73.3 Å². The average molecular weight is 498 g/mol. The first-order valence-electron chi connectivity index (χ1n) is 12.0. The van der Waals surface area contributed by atoms with Gasteiger partial charge < -0.3 is 10.1 Å². The van der Waals surface area contributed by atoms with Gasteiger partial charge in [0.2, 0.25) is 11.9 Å². The maximum atomic E-state index is 13.4. The van der Waals surface area contributed by atoms with Gasteiger partial charge in [0.1, 0.15) is 11.5 Å². The van der Waals surface area contributed by atoms with Crippen molar-refractivity contribution in [2.75, 3.05) is 11.9 Å². The van der Waals surface area contributed by atoms with Crippen LogP contribution in [0.15, 0.2) is 10.9 Å². The molecular formula is C25H31N5O4S. The summed E-state index contributed by atoms with van der Waals surface area (Å²) in [7, 11) is 0. The number of aromatic nitrogens is 4. The molecule has 35 heavy (non-hydrogen) atoms. The molecule has 3 aromatic heterocycles. The van der Waals surface area contributed by atoms with Crippen molar-refractivity contribution in [2.24, 2.45) is 0 Å². The second kappa shape index (κ2) is 10.2. The van der Waals surface area contributed by atoms with Gasteiger partial charge in [-0.05, 0) is 71.4 Å². The van der Waals surface area contributed by atoms with E-state index in [1.807, 2.05) is 26.8 Å². The van der Waals surface area contributed by atoms with Crippen molar-refractivity contribution in [3.8, 4) is 5.95 Å². The fraction of sp³-hybridized carbons (Fsp3) is 0.480. The Hall–Kier alpha value is -3.27. The lowest BCUT2D eigenvalue weighted by Crippen LogP contribution is -2.34. The van der Waals surface area contributed by atoms with Crippen molar-refractivity contribution < 1.29 is 14.3 Å². The number of hydrogen-bond acceptors (Lipinski definition) is 7. The van der Waals surface area contributed by atoms with Gasteiger partial charge in [-0.2, -0.15) is 5.10 Å². The third-order valence-corrected chi connectivity index (χ3v) is 7.41. The number of carbonyl (C=O) groups excluding carboxylic acids is 2. The first-order chi connectivity index (χ1) is 16.7. The number of anilines is 1. The molecule has 10 heteroatoms. The number of hydrogen-bond donors (Lipinski definition) is 1. The summed E-state index contributed by atoms with van der Waals surface area (Å²) in [5.74, 6) is -0.541. The van der Waals surface area contributed by atoms with Crippen LogP contribution in [0.5, 0.6) is 0 Å². The molecule has 0 bridgehead atoms. The minimum absolute atomic E-state index is 0.252. The highest BCUT2D eigenvalue weighted by atomic mass is 32.1. The topological polar surface area (TPSA) is 108 Å². The van der Waals surface area contributed by atoms with E-state index < -0.39 is 11.9 Å². The Morgan fingerprint density at radius 3 is 2.57 bits per heavy atom. The van der Waals surface area contributed by atoms with Gasteiger partial charge in [-0.15, -0.1) is 11.3 Å². The molecule has 0 radical (unpaired) electrons. The van der Waals surface area contributed by atoms with Crippen molar-refractivity contribution >= 4 is 28.2 Å². The number of rotatable bonds is 7. The van der Waals surface area contributed by atoms with Gasteiger partial charge in [0.25, 0.3) is 5.56 Å². The standard InChI is InChI=1S/C25H31N5O4S/c1-6-17-16(5)26-25(30-15(4)12-14(3)28-30)29(23(17)32)13-20(31)27-22-21(24(33)34-7-2)18-10-8-9-11-19(18)35-22/h12H,6-11,13H2,1-5H3,(H,27,31).